The minimum absolute atomic E-state index is 0.269. The molecule has 18 heavy (non-hydrogen) atoms. The van der Waals surface area contributed by atoms with Crippen molar-refractivity contribution in [2.75, 3.05) is 5.32 Å². The molecule has 0 spiro atoms. The van der Waals surface area contributed by atoms with Gasteiger partial charge in [0, 0.05) is 17.8 Å². The Morgan fingerprint density at radius 2 is 1.89 bits per heavy atom. The van der Waals surface area contributed by atoms with Crippen LogP contribution in [0, 0.1) is 18.6 Å². The van der Waals surface area contributed by atoms with E-state index in [1.165, 1.54) is 18.2 Å². The number of nitrogens with one attached hydrogen (secondary N) is 1. The molecule has 0 fully saturated rings. The summed E-state index contributed by atoms with van der Waals surface area (Å²) in [7, 11) is 0. The van der Waals surface area contributed by atoms with Gasteiger partial charge in [-0.3, -0.25) is 0 Å². The average Bonchev–Trinajstić information content (AvgIpc) is 2.35. The van der Waals surface area contributed by atoms with E-state index in [1.54, 1.807) is 25.1 Å². The molecule has 0 amide bonds. The summed E-state index contributed by atoms with van der Waals surface area (Å²) in [5.41, 5.74) is 1.71. The van der Waals surface area contributed by atoms with Crippen molar-refractivity contribution in [2.45, 2.75) is 13.5 Å². The number of phenols is 1. The minimum Gasteiger partial charge on any atom is -0.505 e. The van der Waals surface area contributed by atoms with Gasteiger partial charge in [0.2, 0.25) is 0 Å². The Morgan fingerprint density at radius 1 is 1.11 bits per heavy atom. The highest BCUT2D eigenvalue weighted by atomic mass is 19.1. The Morgan fingerprint density at radius 3 is 2.61 bits per heavy atom. The zero-order chi connectivity index (χ0) is 13.1. The van der Waals surface area contributed by atoms with E-state index in [-0.39, 0.29) is 18.1 Å². The predicted molar refractivity (Wildman–Crippen MR) is 66.5 cm³/mol. The number of phenolic OH excluding ortho intramolecular Hbond substituents is 1. The first-order chi connectivity index (χ1) is 8.58. The van der Waals surface area contributed by atoms with E-state index >= 15 is 0 Å². The van der Waals surface area contributed by atoms with Crippen molar-refractivity contribution in [1.82, 2.24) is 0 Å². The third kappa shape index (κ3) is 2.59. The van der Waals surface area contributed by atoms with Gasteiger partial charge < -0.3 is 10.4 Å². The smallest absolute Gasteiger partial charge is 0.165 e. The minimum atomic E-state index is -0.649. The van der Waals surface area contributed by atoms with Gasteiger partial charge in [-0.15, -0.1) is 0 Å². The van der Waals surface area contributed by atoms with E-state index < -0.39 is 5.82 Å². The molecular formula is C14H13F2NO. The van der Waals surface area contributed by atoms with Crippen molar-refractivity contribution in [3.05, 3.63) is 59.2 Å². The second kappa shape index (κ2) is 5.04. The number of anilines is 1. The summed E-state index contributed by atoms with van der Waals surface area (Å²) in [5.74, 6) is -1.28. The molecule has 0 aromatic heterocycles. The van der Waals surface area contributed by atoms with Gasteiger partial charge in [-0.25, -0.2) is 8.78 Å². The number of aromatic hydroxyl groups is 1. The molecule has 0 unspecified atom stereocenters. The molecule has 0 aliphatic heterocycles. The molecule has 94 valence electrons. The molecular weight excluding hydrogens is 236 g/mol. The van der Waals surface area contributed by atoms with Gasteiger partial charge in [0.15, 0.2) is 11.6 Å². The van der Waals surface area contributed by atoms with Crippen LogP contribution in [-0.2, 0) is 6.54 Å². The van der Waals surface area contributed by atoms with Crippen LogP contribution < -0.4 is 5.32 Å². The first-order valence-electron chi connectivity index (χ1n) is 5.54. The summed E-state index contributed by atoms with van der Waals surface area (Å²) in [4.78, 5) is 0. The Labute approximate surface area is 104 Å². The molecule has 2 aromatic carbocycles. The highest BCUT2D eigenvalue weighted by Crippen LogP contribution is 2.22. The van der Waals surface area contributed by atoms with Crippen molar-refractivity contribution < 1.29 is 13.9 Å². The van der Waals surface area contributed by atoms with E-state index in [9.17, 15) is 13.9 Å². The summed E-state index contributed by atoms with van der Waals surface area (Å²) in [6, 6.07) is 8.97. The normalized spacial score (nSPS) is 10.4. The summed E-state index contributed by atoms with van der Waals surface area (Å²) in [5, 5.41) is 12.5. The molecule has 2 rings (SSSR count). The monoisotopic (exact) mass is 249 g/mol. The van der Waals surface area contributed by atoms with Gasteiger partial charge in [0.1, 0.15) is 5.82 Å². The zero-order valence-electron chi connectivity index (χ0n) is 9.87. The lowest BCUT2D eigenvalue weighted by Crippen LogP contribution is -2.01. The number of para-hydroxylation sites is 1. The maximum atomic E-state index is 13.1. The SMILES string of the molecule is Cc1cc(NCc2cccc(F)c2O)ccc1F. The molecule has 0 aliphatic rings. The third-order valence-electron chi connectivity index (χ3n) is 2.71. The molecule has 2 N–H and O–H groups in total. The quantitative estimate of drug-likeness (QED) is 0.871. The van der Waals surface area contributed by atoms with Crippen LogP contribution in [0.3, 0.4) is 0 Å². The predicted octanol–water partition coefficient (Wildman–Crippen LogP) is 3.59. The van der Waals surface area contributed by atoms with E-state index in [0.717, 1.165) is 5.69 Å². The topological polar surface area (TPSA) is 32.3 Å². The van der Waals surface area contributed by atoms with Crippen molar-refractivity contribution in [3.8, 4) is 5.75 Å². The van der Waals surface area contributed by atoms with Gasteiger partial charge >= 0.3 is 0 Å². The fraction of sp³-hybridized carbons (Fsp3) is 0.143. The van der Waals surface area contributed by atoms with Crippen LogP contribution in [0.1, 0.15) is 11.1 Å². The molecule has 0 bridgehead atoms. The summed E-state index contributed by atoms with van der Waals surface area (Å²) in [6.45, 7) is 1.94. The van der Waals surface area contributed by atoms with Gasteiger partial charge in [-0.2, -0.15) is 0 Å². The van der Waals surface area contributed by atoms with E-state index in [4.69, 9.17) is 0 Å². The average molecular weight is 249 g/mol. The number of hydrogen-bond donors (Lipinski definition) is 2. The van der Waals surface area contributed by atoms with Crippen LogP contribution >= 0.6 is 0 Å². The van der Waals surface area contributed by atoms with Crippen molar-refractivity contribution in [3.63, 3.8) is 0 Å². The van der Waals surface area contributed by atoms with Gasteiger partial charge in [-0.05, 0) is 36.8 Å². The van der Waals surface area contributed by atoms with E-state index in [0.29, 0.717) is 11.1 Å². The van der Waals surface area contributed by atoms with Crippen LogP contribution in [0.2, 0.25) is 0 Å². The number of halogens is 2. The molecule has 0 aliphatic carbocycles. The first kappa shape index (κ1) is 12.4. The molecule has 4 heteroatoms. The number of rotatable bonds is 3. The van der Waals surface area contributed by atoms with Crippen LogP contribution in [-0.4, -0.2) is 5.11 Å². The van der Waals surface area contributed by atoms with Crippen molar-refractivity contribution >= 4 is 5.69 Å². The maximum Gasteiger partial charge on any atom is 0.165 e. The highest BCUT2D eigenvalue weighted by molar-refractivity contribution is 5.47. The fourth-order valence-corrected chi connectivity index (χ4v) is 1.65. The zero-order valence-corrected chi connectivity index (χ0v) is 9.87. The van der Waals surface area contributed by atoms with Gasteiger partial charge in [-0.1, -0.05) is 12.1 Å². The number of benzene rings is 2. The molecule has 0 saturated heterocycles. The summed E-state index contributed by atoms with van der Waals surface area (Å²) >= 11 is 0. The standard InChI is InChI=1S/C14H13F2NO/c1-9-7-11(5-6-12(9)15)17-8-10-3-2-4-13(16)14(10)18/h2-7,17-18H,8H2,1H3. The summed E-state index contributed by atoms with van der Waals surface area (Å²) in [6.07, 6.45) is 0. The second-order valence-electron chi connectivity index (χ2n) is 4.07. The Balaban J connectivity index is 2.11. The second-order valence-corrected chi connectivity index (χ2v) is 4.07. The van der Waals surface area contributed by atoms with Crippen molar-refractivity contribution in [1.29, 1.82) is 0 Å². The fourth-order valence-electron chi connectivity index (χ4n) is 1.65. The molecule has 0 saturated carbocycles. The van der Waals surface area contributed by atoms with Crippen molar-refractivity contribution in [2.24, 2.45) is 0 Å². The Bertz CT molecular complexity index is 570. The Hall–Kier alpha value is -2.10. The summed E-state index contributed by atoms with van der Waals surface area (Å²) < 4.78 is 26.2. The molecule has 2 nitrogen and oxygen atoms in total. The number of aryl methyl sites for hydroxylation is 1. The number of hydrogen-bond acceptors (Lipinski definition) is 2. The largest absolute Gasteiger partial charge is 0.505 e. The molecule has 2 aromatic rings. The molecule has 0 atom stereocenters. The van der Waals surface area contributed by atoms with E-state index in [1.807, 2.05) is 0 Å². The van der Waals surface area contributed by atoms with Crippen LogP contribution in [0.25, 0.3) is 0 Å². The van der Waals surface area contributed by atoms with Crippen LogP contribution in [0.5, 0.6) is 5.75 Å². The highest BCUT2D eigenvalue weighted by Gasteiger charge is 2.06. The lowest BCUT2D eigenvalue weighted by atomic mass is 10.1. The van der Waals surface area contributed by atoms with Crippen LogP contribution in [0.15, 0.2) is 36.4 Å². The molecule has 0 radical (unpaired) electrons. The third-order valence-corrected chi connectivity index (χ3v) is 2.71. The van der Waals surface area contributed by atoms with Gasteiger partial charge in [0.25, 0.3) is 0 Å². The van der Waals surface area contributed by atoms with E-state index in [2.05, 4.69) is 5.32 Å². The molecule has 0 heterocycles. The van der Waals surface area contributed by atoms with Crippen LogP contribution in [0.4, 0.5) is 14.5 Å². The lowest BCUT2D eigenvalue weighted by molar-refractivity contribution is 0.427. The first-order valence-corrected chi connectivity index (χ1v) is 5.54. The Kier molecular flexibility index (Phi) is 3.46. The maximum absolute atomic E-state index is 13.1. The lowest BCUT2D eigenvalue weighted by Gasteiger charge is -2.09. The van der Waals surface area contributed by atoms with Gasteiger partial charge in [0.05, 0.1) is 0 Å².